The van der Waals surface area contributed by atoms with E-state index in [1.165, 1.54) is 22.6 Å². The number of nitrogens with two attached hydrogens (primary N) is 1. The number of rotatable bonds is 4. The molecule has 0 bridgehead atoms. The van der Waals surface area contributed by atoms with Crippen LogP contribution >= 0.6 is 11.3 Å². The molecule has 1 fully saturated rings. The Hall–Kier alpha value is -3.57. The number of anilines is 3. The van der Waals surface area contributed by atoms with Gasteiger partial charge in [0, 0.05) is 37.3 Å². The van der Waals surface area contributed by atoms with Gasteiger partial charge in [0.2, 0.25) is 0 Å². The number of hydrogen-bond acceptors (Lipinski definition) is 10. The van der Waals surface area contributed by atoms with Crippen LogP contribution in [0.5, 0.6) is 0 Å². The first kappa shape index (κ1) is 18.5. The van der Waals surface area contributed by atoms with E-state index in [2.05, 4.69) is 25.4 Å². The van der Waals surface area contributed by atoms with Gasteiger partial charge in [-0.2, -0.15) is 0 Å². The van der Waals surface area contributed by atoms with Crippen LogP contribution in [0.15, 0.2) is 41.2 Å². The van der Waals surface area contributed by atoms with E-state index in [4.69, 9.17) is 10.3 Å². The Morgan fingerprint density at radius 1 is 1.33 bits per heavy atom. The van der Waals surface area contributed by atoms with Gasteiger partial charge in [-0.05, 0) is 12.1 Å². The third kappa shape index (κ3) is 2.95. The molecule has 0 spiro atoms. The largest absolute Gasteiger partial charge is 0.382 e. The van der Waals surface area contributed by atoms with E-state index >= 15 is 0 Å². The van der Waals surface area contributed by atoms with Crippen LogP contribution < -0.4 is 11.1 Å². The SMILES string of the molecule is CN1CC[C@@](O)(c2cc(-c3cccc(Nc4nc5c(N)ncnc5s4)c3)on2)C1=O. The van der Waals surface area contributed by atoms with E-state index in [0.717, 1.165) is 11.3 Å². The fraction of sp³-hybridized carbons (Fsp3) is 0.211. The molecule has 11 heteroatoms. The minimum atomic E-state index is -1.64. The summed E-state index contributed by atoms with van der Waals surface area (Å²) in [5.74, 6) is 0.400. The summed E-state index contributed by atoms with van der Waals surface area (Å²) < 4.78 is 5.42. The molecule has 30 heavy (non-hydrogen) atoms. The first-order valence-electron chi connectivity index (χ1n) is 9.14. The molecule has 152 valence electrons. The van der Waals surface area contributed by atoms with Crippen LogP contribution in [0.25, 0.3) is 21.7 Å². The van der Waals surface area contributed by atoms with Crippen molar-refractivity contribution in [3.05, 3.63) is 42.4 Å². The maximum Gasteiger partial charge on any atom is 0.260 e. The maximum absolute atomic E-state index is 12.3. The predicted molar refractivity (Wildman–Crippen MR) is 111 cm³/mol. The number of benzene rings is 1. The van der Waals surface area contributed by atoms with Crippen LogP contribution in [-0.2, 0) is 10.4 Å². The zero-order valence-corrected chi connectivity index (χ0v) is 16.7. The molecule has 4 heterocycles. The molecule has 10 nitrogen and oxygen atoms in total. The van der Waals surface area contributed by atoms with Crippen molar-refractivity contribution in [2.45, 2.75) is 12.0 Å². The number of carbonyl (C=O) groups excluding carboxylic acids is 1. The molecule has 0 radical (unpaired) electrons. The fourth-order valence-corrected chi connectivity index (χ4v) is 4.23. The highest BCUT2D eigenvalue weighted by Crippen LogP contribution is 2.35. The van der Waals surface area contributed by atoms with Crippen molar-refractivity contribution in [3.8, 4) is 11.3 Å². The lowest BCUT2D eigenvalue weighted by molar-refractivity contribution is -0.143. The lowest BCUT2D eigenvalue weighted by Gasteiger charge is -2.16. The van der Waals surface area contributed by atoms with Crippen LogP contribution in [0.3, 0.4) is 0 Å². The summed E-state index contributed by atoms with van der Waals surface area (Å²) in [6.07, 6.45) is 1.68. The van der Waals surface area contributed by atoms with Crippen LogP contribution in [-0.4, -0.2) is 49.6 Å². The molecule has 1 atom stereocenters. The van der Waals surface area contributed by atoms with Gasteiger partial charge in [-0.15, -0.1) is 0 Å². The number of amides is 1. The Bertz CT molecular complexity index is 1270. The van der Waals surface area contributed by atoms with Crippen molar-refractivity contribution >= 4 is 44.2 Å². The van der Waals surface area contributed by atoms with Crippen molar-refractivity contribution in [3.63, 3.8) is 0 Å². The summed E-state index contributed by atoms with van der Waals surface area (Å²) in [7, 11) is 1.65. The van der Waals surface area contributed by atoms with Gasteiger partial charge in [0.15, 0.2) is 27.1 Å². The van der Waals surface area contributed by atoms with Gasteiger partial charge in [0.1, 0.15) is 17.5 Å². The number of aliphatic hydroxyl groups is 1. The number of aromatic nitrogens is 4. The van der Waals surface area contributed by atoms with Crippen LogP contribution in [0.1, 0.15) is 12.1 Å². The zero-order chi connectivity index (χ0) is 20.9. The summed E-state index contributed by atoms with van der Waals surface area (Å²) in [5.41, 5.74) is 6.48. The third-order valence-corrected chi connectivity index (χ3v) is 5.94. The van der Waals surface area contributed by atoms with Crippen molar-refractivity contribution in [1.29, 1.82) is 0 Å². The second-order valence-electron chi connectivity index (χ2n) is 7.05. The van der Waals surface area contributed by atoms with E-state index in [1.807, 2.05) is 24.3 Å². The van der Waals surface area contributed by atoms with Crippen molar-refractivity contribution in [2.24, 2.45) is 0 Å². The van der Waals surface area contributed by atoms with Gasteiger partial charge >= 0.3 is 0 Å². The number of carbonyl (C=O) groups is 1. The average Bonchev–Trinajstić information content (AvgIpc) is 3.45. The molecule has 1 amide bonds. The standard InChI is InChI=1S/C19H17N7O3S/c1-26-6-5-19(28,17(26)27)13-8-12(29-25-13)10-3-2-4-11(7-10)23-18-24-14-15(20)21-9-22-16(14)30-18/h2-4,7-9,28H,5-6H2,1H3,(H,23,24)(H2,20,21,22)/t19-/m1/s1. The minimum Gasteiger partial charge on any atom is -0.382 e. The molecular formula is C19H17N7O3S. The summed E-state index contributed by atoms with van der Waals surface area (Å²) >= 11 is 1.36. The average molecular weight is 423 g/mol. The topological polar surface area (TPSA) is 143 Å². The number of thiazole rings is 1. The Morgan fingerprint density at radius 3 is 2.97 bits per heavy atom. The minimum absolute atomic E-state index is 0.213. The normalized spacial score (nSPS) is 19.0. The molecule has 4 aromatic rings. The van der Waals surface area contributed by atoms with Gasteiger partial charge in [-0.3, -0.25) is 4.79 Å². The molecule has 1 aromatic carbocycles. The molecule has 4 N–H and O–H groups in total. The molecular weight excluding hydrogens is 406 g/mol. The highest BCUT2D eigenvalue weighted by molar-refractivity contribution is 7.21. The van der Waals surface area contributed by atoms with E-state index in [0.29, 0.717) is 33.6 Å². The Morgan fingerprint density at radius 2 is 2.20 bits per heavy atom. The van der Waals surface area contributed by atoms with Crippen molar-refractivity contribution in [2.75, 3.05) is 24.6 Å². The lowest BCUT2D eigenvalue weighted by atomic mass is 9.97. The second-order valence-corrected chi connectivity index (χ2v) is 8.03. The molecule has 0 unspecified atom stereocenters. The molecule has 5 rings (SSSR count). The number of hydrogen-bond donors (Lipinski definition) is 3. The molecule has 1 aliphatic rings. The van der Waals surface area contributed by atoms with Gasteiger partial charge in [-0.25, -0.2) is 15.0 Å². The molecule has 0 aliphatic carbocycles. The highest BCUT2D eigenvalue weighted by atomic mass is 32.1. The van der Waals surface area contributed by atoms with Gasteiger partial charge in [-0.1, -0.05) is 28.6 Å². The van der Waals surface area contributed by atoms with Gasteiger partial charge < -0.3 is 25.6 Å². The second kappa shape index (κ2) is 6.75. The number of nitrogens with zero attached hydrogens (tertiary/aromatic N) is 5. The molecule has 1 aliphatic heterocycles. The van der Waals surface area contributed by atoms with Crippen LogP contribution in [0, 0.1) is 0 Å². The number of nitrogens with one attached hydrogen (secondary N) is 1. The van der Waals surface area contributed by atoms with E-state index < -0.39 is 5.60 Å². The van der Waals surface area contributed by atoms with E-state index in [1.54, 1.807) is 13.1 Å². The highest BCUT2D eigenvalue weighted by Gasteiger charge is 2.47. The summed E-state index contributed by atoms with van der Waals surface area (Å²) in [4.78, 5) is 27.0. The molecule has 3 aromatic heterocycles. The summed E-state index contributed by atoms with van der Waals surface area (Å²) in [6.45, 7) is 0.466. The van der Waals surface area contributed by atoms with Crippen molar-refractivity contribution in [1.82, 2.24) is 25.0 Å². The molecule has 1 saturated heterocycles. The zero-order valence-electron chi connectivity index (χ0n) is 15.9. The monoisotopic (exact) mass is 423 g/mol. The fourth-order valence-electron chi connectivity index (χ4n) is 3.40. The predicted octanol–water partition coefficient (Wildman–Crippen LogP) is 2.12. The number of fused-ring (bicyclic) bond motifs is 1. The van der Waals surface area contributed by atoms with Crippen LogP contribution in [0.4, 0.5) is 16.6 Å². The maximum atomic E-state index is 12.3. The number of likely N-dealkylation sites (N-methyl/N-ethyl adjacent to an activating group) is 1. The Balaban J connectivity index is 1.42. The first-order chi connectivity index (χ1) is 14.4. The van der Waals surface area contributed by atoms with Crippen molar-refractivity contribution < 1.29 is 14.4 Å². The summed E-state index contributed by atoms with van der Waals surface area (Å²) in [5, 5.41) is 18.6. The smallest absolute Gasteiger partial charge is 0.260 e. The quantitative estimate of drug-likeness (QED) is 0.449. The Labute approximate surface area is 174 Å². The van der Waals surface area contributed by atoms with Gasteiger partial charge in [0.25, 0.3) is 5.91 Å². The van der Waals surface area contributed by atoms with Crippen LogP contribution in [0.2, 0.25) is 0 Å². The van der Waals surface area contributed by atoms with E-state index in [9.17, 15) is 9.90 Å². The molecule has 0 saturated carbocycles. The van der Waals surface area contributed by atoms with Gasteiger partial charge in [0.05, 0.1) is 0 Å². The number of nitrogen functional groups attached to an aromatic ring is 1. The summed E-state index contributed by atoms with van der Waals surface area (Å²) in [6, 6.07) is 9.04. The van der Waals surface area contributed by atoms with E-state index in [-0.39, 0.29) is 18.0 Å². The lowest BCUT2D eigenvalue weighted by Crippen LogP contribution is -2.36. The third-order valence-electron chi connectivity index (χ3n) is 5.07. The number of likely N-dealkylation sites (tertiary alicyclic amines) is 1. The Kier molecular flexibility index (Phi) is 4.15. The first-order valence-corrected chi connectivity index (χ1v) is 9.95.